The van der Waals surface area contributed by atoms with Crippen molar-refractivity contribution in [2.24, 2.45) is 0 Å². The summed E-state index contributed by atoms with van der Waals surface area (Å²) in [5.74, 6) is 0.100. The lowest BCUT2D eigenvalue weighted by molar-refractivity contribution is -0.384. The Labute approximate surface area is 175 Å². The lowest BCUT2D eigenvalue weighted by Gasteiger charge is -2.25. The van der Waals surface area contributed by atoms with Crippen molar-refractivity contribution < 1.29 is 14.1 Å². The first-order chi connectivity index (χ1) is 14.0. The maximum absolute atomic E-state index is 13.2. The molecule has 0 radical (unpaired) electrons. The van der Waals surface area contributed by atoms with Gasteiger partial charge in [-0.25, -0.2) is 0 Å². The second-order valence-corrected chi connectivity index (χ2v) is 7.04. The fourth-order valence-corrected chi connectivity index (χ4v) is 3.78. The van der Waals surface area contributed by atoms with E-state index in [4.69, 9.17) is 27.6 Å². The summed E-state index contributed by atoms with van der Waals surface area (Å²) in [7, 11) is 0. The van der Waals surface area contributed by atoms with Gasteiger partial charge in [-0.05, 0) is 17.7 Å². The zero-order valence-electron chi connectivity index (χ0n) is 14.7. The fraction of sp³-hybridized carbons (Fsp3) is 0.0500. The van der Waals surface area contributed by atoms with Gasteiger partial charge < -0.3 is 9.73 Å². The quantitative estimate of drug-likeness (QED) is 0.351. The molecule has 1 aliphatic rings. The van der Waals surface area contributed by atoms with Crippen LogP contribution in [0.5, 0.6) is 0 Å². The molecule has 0 aliphatic carbocycles. The largest absolute Gasteiger partial charge is 0.465 e. The third-order valence-electron chi connectivity index (χ3n) is 4.40. The molecule has 1 N–H and O–H groups in total. The first-order valence-electron chi connectivity index (χ1n) is 8.49. The van der Waals surface area contributed by atoms with E-state index in [9.17, 15) is 14.9 Å². The Morgan fingerprint density at radius 1 is 1.10 bits per heavy atom. The molecule has 1 aliphatic heterocycles. The number of carbonyl (C=O) groups excluding carboxylic acids is 1. The molecular weight excluding hydrogens is 417 g/mol. The third kappa shape index (κ3) is 3.57. The number of nitrogens with zero attached hydrogens (tertiary/aromatic N) is 2. The van der Waals surface area contributed by atoms with E-state index in [0.717, 1.165) is 5.56 Å². The molecule has 29 heavy (non-hydrogen) atoms. The number of hydrogen-bond acceptors (Lipinski definition) is 5. The maximum atomic E-state index is 13.2. The number of nitrogens with one attached hydrogen (secondary N) is 1. The Kier molecular flexibility index (Phi) is 5.00. The zero-order valence-corrected chi connectivity index (χ0v) is 16.2. The van der Waals surface area contributed by atoms with Crippen LogP contribution >= 0.6 is 23.2 Å². The maximum Gasteiger partial charge on any atom is 0.276 e. The molecule has 1 amide bonds. The van der Waals surface area contributed by atoms with Crippen LogP contribution < -0.4 is 10.2 Å². The predicted molar refractivity (Wildman–Crippen MR) is 110 cm³/mol. The summed E-state index contributed by atoms with van der Waals surface area (Å²) in [6.07, 6.45) is 2.47. The number of rotatable bonds is 4. The Balaban J connectivity index is 1.85. The molecule has 0 spiro atoms. The normalized spacial score (nSPS) is 17.6. The smallest absolute Gasteiger partial charge is 0.276 e. The average Bonchev–Trinajstić information content (AvgIpc) is 3.32. The van der Waals surface area contributed by atoms with E-state index in [1.54, 1.807) is 18.2 Å². The summed E-state index contributed by atoms with van der Waals surface area (Å²) >= 11 is 12.6. The number of nitro benzene ring substituents is 1. The number of nitro groups is 1. The van der Waals surface area contributed by atoms with Crippen molar-refractivity contribution in [3.63, 3.8) is 0 Å². The highest BCUT2D eigenvalue weighted by Crippen LogP contribution is 2.43. The van der Waals surface area contributed by atoms with Gasteiger partial charge in [-0.15, -0.1) is 0 Å². The second kappa shape index (κ2) is 7.62. The van der Waals surface area contributed by atoms with E-state index in [1.165, 1.54) is 23.3 Å². The molecule has 1 fully saturated rings. The topological polar surface area (TPSA) is 88.6 Å². The van der Waals surface area contributed by atoms with Crippen LogP contribution in [0.4, 0.5) is 11.4 Å². The van der Waals surface area contributed by atoms with Crippen molar-refractivity contribution >= 4 is 46.6 Å². The van der Waals surface area contributed by atoms with E-state index in [2.05, 4.69) is 5.32 Å². The van der Waals surface area contributed by atoms with Gasteiger partial charge in [0.25, 0.3) is 11.6 Å². The van der Waals surface area contributed by atoms with E-state index in [1.807, 2.05) is 30.3 Å². The molecule has 0 bridgehead atoms. The number of halogens is 2. The highest BCUT2D eigenvalue weighted by atomic mass is 35.5. The highest BCUT2D eigenvalue weighted by molar-refractivity contribution is 6.40. The van der Waals surface area contributed by atoms with Crippen LogP contribution in [0.15, 0.2) is 71.0 Å². The highest BCUT2D eigenvalue weighted by Gasteiger charge is 2.39. The summed E-state index contributed by atoms with van der Waals surface area (Å²) in [6.45, 7) is 0. The summed E-state index contributed by atoms with van der Waals surface area (Å²) in [5, 5.41) is 14.3. The van der Waals surface area contributed by atoms with Gasteiger partial charge in [0.15, 0.2) is 0 Å². The van der Waals surface area contributed by atoms with Crippen molar-refractivity contribution in [3.05, 3.63) is 98.0 Å². The molecule has 7 nitrogen and oxygen atoms in total. The van der Waals surface area contributed by atoms with Crippen LogP contribution in [-0.4, -0.2) is 10.8 Å². The monoisotopic (exact) mass is 429 g/mol. The number of amides is 1. The van der Waals surface area contributed by atoms with Gasteiger partial charge >= 0.3 is 0 Å². The van der Waals surface area contributed by atoms with Gasteiger partial charge in [-0.3, -0.25) is 19.8 Å². The van der Waals surface area contributed by atoms with Crippen LogP contribution in [-0.2, 0) is 4.79 Å². The van der Waals surface area contributed by atoms with Gasteiger partial charge in [-0.1, -0.05) is 53.5 Å². The van der Waals surface area contributed by atoms with Crippen molar-refractivity contribution in [2.75, 3.05) is 4.90 Å². The minimum Gasteiger partial charge on any atom is -0.465 e. The molecule has 1 atom stereocenters. The van der Waals surface area contributed by atoms with Crippen LogP contribution in [0.1, 0.15) is 17.5 Å². The minimum absolute atomic E-state index is 0.000435. The van der Waals surface area contributed by atoms with Gasteiger partial charge in [0, 0.05) is 18.2 Å². The SMILES string of the molecule is O=C1/C(=C/c2ccco2)NC(c2ccccc2)N1c1c(Cl)cc([N+](=O)[O-])cc1Cl. The van der Waals surface area contributed by atoms with E-state index in [-0.39, 0.29) is 27.1 Å². The molecule has 1 aromatic heterocycles. The average molecular weight is 430 g/mol. The van der Waals surface area contributed by atoms with E-state index >= 15 is 0 Å². The lowest BCUT2D eigenvalue weighted by Crippen LogP contribution is -2.30. The van der Waals surface area contributed by atoms with Crippen LogP contribution in [0.2, 0.25) is 10.0 Å². The van der Waals surface area contributed by atoms with E-state index < -0.39 is 17.0 Å². The fourth-order valence-electron chi connectivity index (χ4n) is 3.13. The molecule has 1 saturated heterocycles. The van der Waals surface area contributed by atoms with Crippen molar-refractivity contribution in [1.29, 1.82) is 0 Å². The summed E-state index contributed by atoms with van der Waals surface area (Å²) < 4.78 is 5.30. The molecular formula is C20H13Cl2N3O4. The Bertz CT molecular complexity index is 1090. The number of hydrogen-bond donors (Lipinski definition) is 1. The first kappa shape index (κ1) is 19.0. The van der Waals surface area contributed by atoms with Crippen molar-refractivity contribution in [2.45, 2.75) is 6.17 Å². The predicted octanol–water partition coefficient (Wildman–Crippen LogP) is 5.17. The molecule has 3 aromatic rings. The lowest BCUT2D eigenvalue weighted by atomic mass is 10.1. The van der Waals surface area contributed by atoms with Gasteiger partial charge in [0.05, 0.1) is 26.9 Å². The molecule has 9 heteroatoms. The Morgan fingerprint density at radius 3 is 2.38 bits per heavy atom. The Morgan fingerprint density at radius 2 is 1.79 bits per heavy atom. The van der Waals surface area contributed by atoms with Crippen LogP contribution in [0, 0.1) is 10.1 Å². The van der Waals surface area contributed by atoms with Gasteiger partial charge in [-0.2, -0.15) is 0 Å². The standard InChI is InChI=1S/C20H13Cl2N3O4/c21-15-9-13(25(27)28)10-16(22)18(15)24-19(12-5-2-1-3-6-12)23-17(20(24)26)11-14-7-4-8-29-14/h1-11,19,23H/b17-11-. The molecule has 146 valence electrons. The van der Waals surface area contributed by atoms with Gasteiger partial charge in [0.1, 0.15) is 17.6 Å². The third-order valence-corrected chi connectivity index (χ3v) is 4.97. The summed E-state index contributed by atoms with van der Waals surface area (Å²) in [4.78, 5) is 25.1. The minimum atomic E-state index is -0.610. The zero-order chi connectivity index (χ0) is 20.5. The molecule has 1 unspecified atom stereocenters. The number of carbonyl (C=O) groups is 1. The van der Waals surface area contributed by atoms with E-state index in [0.29, 0.717) is 5.76 Å². The Hall–Kier alpha value is -3.29. The van der Waals surface area contributed by atoms with Crippen molar-refractivity contribution in [1.82, 2.24) is 5.32 Å². The summed E-state index contributed by atoms with van der Waals surface area (Å²) in [5.41, 5.74) is 0.993. The van der Waals surface area contributed by atoms with Gasteiger partial charge in [0.2, 0.25) is 0 Å². The first-order valence-corrected chi connectivity index (χ1v) is 9.25. The molecule has 2 aromatic carbocycles. The number of furan rings is 1. The number of benzene rings is 2. The van der Waals surface area contributed by atoms with Crippen molar-refractivity contribution in [3.8, 4) is 0 Å². The number of non-ortho nitro benzene ring substituents is 1. The second-order valence-electron chi connectivity index (χ2n) is 6.22. The molecule has 0 saturated carbocycles. The van der Waals surface area contributed by atoms with Crippen LogP contribution in [0.25, 0.3) is 6.08 Å². The molecule has 4 rings (SSSR count). The number of anilines is 1. The summed E-state index contributed by atoms with van der Waals surface area (Å²) in [6, 6.07) is 15.0. The van der Waals surface area contributed by atoms with Crippen LogP contribution in [0.3, 0.4) is 0 Å². The molecule has 2 heterocycles.